The van der Waals surface area contributed by atoms with Crippen molar-refractivity contribution in [2.75, 3.05) is 12.8 Å². The first kappa shape index (κ1) is 18.1. The molecule has 2 N–H and O–H groups in total. The molecule has 1 amide bonds. The summed E-state index contributed by atoms with van der Waals surface area (Å²) >= 11 is 0. The Balaban J connectivity index is 0.000000231. The summed E-state index contributed by atoms with van der Waals surface area (Å²) in [4.78, 5) is 21.8. The third-order valence-corrected chi connectivity index (χ3v) is 2.82. The Kier molecular flexibility index (Phi) is 7.15. The fourth-order valence-electron chi connectivity index (χ4n) is 1.44. The lowest BCUT2D eigenvalue weighted by Crippen LogP contribution is -2.00. The lowest BCUT2D eigenvalue weighted by Gasteiger charge is -1.97. The Morgan fingerprint density at radius 3 is 2.00 bits per heavy atom. The van der Waals surface area contributed by atoms with E-state index in [1.807, 2.05) is 0 Å². The maximum atomic E-state index is 10.9. The van der Waals surface area contributed by atoms with Gasteiger partial charge >= 0.3 is 16.5 Å². The summed E-state index contributed by atoms with van der Waals surface area (Å²) in [5.41, 5.74) is 6.83. The van der Waals surface area contributed by atoms with E-state index >= 15 is 0 Å². The number of methoxy groups -OCH3 is 1. The topological polar surface area (TPSA) is 116 Å². The molecule has 120 valence electrons. The molecular formula is C15H14N2O5S. The van der Waals surface area contributed by atoms with Crippen LogP contribution in [0.5, 0.6) is 0 Å². The SMILES string of the molecule is COC(=O)c1ccc(N)cc1.O=C(N=S(=O)=O)c1ccccc1. The van der Waals surface area contributed by atoms with Gasteiger partial charge in [0.05, 0.1) is 12.7 Å². The highest BCUT2D eigenvalue weighted by atomic mass is 32.2. The van der Waals surface area contributed by atoms with E-state index in [4.69, 9.17) is 5.73 Å². The summed E-state index contributed by atoms with van der Waals surface area (Å²) in [5, 5.41) is 0. The summed E-state index contributed by atoms with van der Waals surface area (Å²) in [6.07, 6.45) is 0. The van der Waals surface area contributed by atoms with E-state index in [0.29, 0.717) is 11.3 Å². The first-order valence-corrected chi connectivity index (χ1v) is 7.31. The lowest BCUT2D eigenvalue weighted by molar-refractivity contribution is 0.0600. The van der Waals surface area contributed by atoms with Gasteiger partial charge in [-0.2, -0.15) is 8.42 Å². The van der Waals surface area contributed by atoms with Crippen molar-refractivity contribution < 1.29 is 22.7 Å². The molecule has 0 unspecified atom stereocenters. The van der Waals surface area contributed by atoms with Crippen LogP contribution >= 0.6 is 0 Å². The molecule has 0 aromatic heterocycles. The molecule has 2 aromatic rings. The summed E-state index contributed by atoms with van der Waals surface area (Å²) in [6.45, 7) is 0. The predicted octanol–water partition coefficient (Wildman–Crippen LogP) is 1.94. The first-order valence-electron chi connectivity index (χ1n) is 6.28. The Morgan fingerprint density at radius 2 is 1.52 bits per heavy atom. The number of benzene rings is 2. The summed E-state index contributed by atoms with van der Waals surface area (Å²) in [6, 6.07) is 14.6. The molecule has 2 rings (SSSR count). The van der Waals surface area contributed by atoms with Crippen LogP contribution < -0.4 is 5.73 Å². The molecule has 0 radical (unpaired) electrons. The zero-order chi connectivity index (χ0) is 17.2. The molecule has 23 heavy (non-hydrogen) atoms. The fraction of sp³-hybridized carbons (Fsp3) is 0.0667. The number of esters is 1. The molecule has 0 fully saturated rings. The Labute approximate surface area is 134 Å². The standard InChI is InChI=1S/C8H9NO2.C7H5NO3S/c1-11-8(10)6-2-4-7(9)5-3-6;9-7(8-12(10)11)6-4-2-1-3-5-6/h2-5H,9H2,1H3;1-5H. The number of hydrogen-bond donors (Lipinski definition) is 1. The van der Waals surface area contributed by atoms with Crippen molar-refractivity contribution in [3.05, 3.63) is 65.7 Å². The van der Waals surface area contributed by atoms with Gasteiger partial charge in [0.25, 0.3) is 5.91 Å². The zero-order valence-electron chi connectivity index (χ0n) is 12.2. The van der Waals surface area contributed by atoms with Crippen molar-refractivity contribution in [2.24, 2.45) is 4.36 Å². The van der Waals surface area contributed by atoms with Gasteiger partial charge in [-0.05, 0) is 36.4 Å². The third kappa shape index (κ3) is 6.53. The number of carbonyl (C=O) groups excluding carboxylic acids is 2. The van der Waals surface area contributed by atoms with Gasteiger partial charge in [-0.3, -0.25) is 4.79 Å². The number of nitrogen functional groups attached to an aromatic ring is 1. The quantitative estimate of drug-likeness (QED) is 0.663. The molecule has 0 aliphatic carbocycles. The van der Waals surface area contributed by atoms with Gasteiger partial charge in [-0.1, -0.05) is 22.6 Å². The predicted molar refractivity (Wildman–Crippen MR) is 84.3 cm³/mol. The van der Waals surface area contributed by atoms with E-state index in [0.717, 1.165) is 0 Å². The van der Waals surface area contributed by atoms with Crippen LogP contribution in [0.15, 0.2) is 59.0 Å². The average molecular weight is 334 g/mol. The van der Waals surface area contributed by atoms with Crippen molar-refractivity contribution in [1.82, 2.24) is 0 Å². The van der Waals surface area contributed by atoms with Crippen molar-refractivity contribution in [1.29, 1.82) is 0 Å². The van der Waals surface area contributed by atoms with Crippen LogP contribution in [0.1, 0.15) is 20.7 Å². The van der Waals surface area contributed by atoms with Crippen LogP contribution in [0.25, 0.3) is 0 Å². The molecule has 2 aromatic carbocycles. The van der Waals surface area contributed by atoms with Gasteiger partial charge in [0.15, 0.2) is 0 Å². The molecule has 0 spiro atoms. The number of nitrogens with two attached hydrogens (primary N) is 1. The maximum absolute atomic E-state index is 10.9. The first-order chi connectivity index (χ1) is 10.9. The number of rotatable bonds is 2. The van der Waals surface area contributed by atoms with Crippen LogP contribution in [-0.4, -0.2) is 27.4 Å². The minimum atomic E-state index is -2.67. The monoisotopic (exact) mass is 334 g/mol. The van der Waals surface area contributed by atoms with E-state index in [2.05, 4.69) is 9.10 Å². The Bertz CT molecular complexity index is 792. The van der Waals surface area contributed by atoms with Crippen LogP contribution in [0, 0.1) is 0 Å². The van der Waals surface area contributed by atoms with Crippen LogP contribution in [-0.2, 0) is 15.2 Å². The highest BCUT2D eigenvalue weighted by Crippen LogP contribution is 2.05. The van der Waals surface area contributed by atoms with E-state index in [1.165, 1.54) is 19.2 Å². The minimum absolute atomic E-state index is 0.265. The van der Waals surface area contributed by atoms with E-state index < -0.39 is 16.4 Å². The zero-order valence-corrected chi connectivity index (χ0v) is 13.0. The normalized spacial score (nSPS) is 9.09. The molecule has 0 aliphatic heterocycles. The van der Waals surface area contributed by atoms with Crippen LogP contribution in [0.4, 0.5) is 5.69 Å². The number of hydrogen-bond acceptors (Lipinski definition) is 6. The van der Waals surface area contributed by atoms with E-state index in [9.17, 15) is 18.0 Å². The van der Waals surface area contributed by atoms with Crippen molar-refractivity contribution in [3.8, 4) is 0 Å². The number of carbonyl (C=O) groups is 2. The van der Waals surface area contributed by atoms with Gasteiger partial charge in [0.2, 0.25) is 0 Å². The molecular weight excluding hydrogens is 320 g/mol. The number of nitrogens with zero attached hydrogens (tertiary/aromatic N) is 1. The molecule has 0 atom stereocenters. The smallest absolute Gasteiger partial charge is 0.337 e. The highest BCUT2D eigenvalue weighted by Gasteiger charge is 2.02. The van der Waals surface area contributed by atoms with Gasteiger partial charge in [-0.25, -0.2) is 4.79 Å². The molecule has 0 heterocycles. The average Bonchev–Trinajstić information content (AvgIpc) is 2.55. The van der Waals surface area contributed by atoms with Crippen molar-refractivity contribution in [3.63, 3.8) is 0 Å². The number of anilines is 1. The largest absolute Gasteiger partial charge is 0.465 e. The second-order valence-corrected chi connectivity index (χ2v) is 4.71. The van der Waals surface area contributed by atoms with Gasteiger partial charge in [0.1, 0.15) is 0 Å². The summed E-state index contributed by atoms with van der Waals surface area (Å²) < 4.78 is 27.3. The molecule has 0 saturated carbocycles. The van der Waals surface area contributed by atoms with E-state index in [-0.39, 0.29) is 11.5 Å². The minimum Gasteiger partial charge on any atom is -0.465 e. The second-order valence-electron chi connectivity index (χ2n) is 4.09. The van der Waals surface area contributed by atoms with E-state index in [1.54, 1.807) is 42.5 Å². The van der Waals surface area contributed by atoms with Gasteiger partial charge < -0.3 is 10.5 Å². The fourth-order valence-corrected chi connectivity index (χ4v) is 1.68. The molecule has 8 heteroatoms. The van der Waals surface area contributed by atoms with Crippen molar-refractivity contribution in [2.45, 2.75) is 0 Å². The molecule has 0 bridgehead atoms. The van der Waals surface area contributed by atoms with Crippen LogP contribution in [0.3, 0.4) is 0 Å². The molecule has 7 nitrogen and oxygen atoms in total. The highest BCUT2D eigenvalue weighted by molar-refractivity contribution is 7.62. The van der Waals surface area contributed by atoms with Crippen molar-refractivity contribution >= 4 is 28.1 Å². The summed E-state index contributed by atoms with van der Waals surface area (Å²) in [7, 11) is -1.32. The van der Waals surface area contributed by atoms with Crippen LogP contribution in [0.2, 0.25) is 0 Å². The summed E-state index contributed by atoms with van der Waals surface area (Å²) in [5.74, 6) is -1.09. The van der Waals surface area contributed by atoms with Gasteiger partial charge in [0, 0.05) is 11.3 Å². The number of amides is 1. The maximum Gasteiger partial charge on any atom is 0.337 e. The second kappa shape index (κ2) is 9.11. The molecule has 0 saturated heterocycles. The Hall–Kier alpha value is -3.00. The third-order valence-electron chi connectivity index (χ3n) is 2.51. The number of ether oxygens (including phenoxy) is 1. The Morgan fingerprint density at radius 1 is 0.957 bits per heavy atom. The lowest BCUT2D eigenvalue weighted by atomic mass is 10.2. The molecule has 0 aliphatic rings. The van der Waals surface area contributed by atoms with Gasteiger partial charge in [-0.15, -0.1) is 0 Å².